The van der Waals surface area contributed by atoms with Gasteiger partial charge in [0.2, 0.25) is 0 Å². The van der Waals surface area contributed by atoms with E-state index < -0.39 is 4.92 Å². The van der Waals surface area contributed by atoms with Crippen molar-refractivity contribution in [1.82, 2.24) is 0 Å². The van der Waals surface area contributed by atoms with Gasteiger partial charge < -0.3 is 5.32 Å². The van der Waals surface area contributed by atoms with Crippen LogP contribution in [0.1, 0.15) is 24.9 Å². The molecule has 0 saturated carbocycles. The summed E-state index contributed by atoms with van der Waals surface area (Å²) in [6.45, 7) is 2.07. The molecule has 2 aromatic rings. The Morgan fingerprint density at radius 3 is 2.67 bits per heavy atom. The second-order valence-corrected chi connectivity index (χ2v) is 5.91. The monoisotopic (exact) mass is 368 g/mol. The van der Waals surface area contributed by atoms with Crippen molar-refractivity contribution in [2.75, 3.05) is 5.32 Å². The van der Waals surface area contributed by atoms with Crippen LogP contribution < -0.4 is 5.32 Å². The minimum Gasteiger partial charge on any atom is -0.378 e. The van der Waals surface area contributed by atoms with Gasteiger partial charge in [-0.1, -0.05) is 46.6 Å². The molecule has 0 aliphatic carbocycles. The molecule has 4 nitrogen and oxygen atoms in total. The number of nitro groups is 1. The highest BCUT2D eigenvalue weighted by molar-refractivity contribution is 9.10. The summed E-state index contributed by atoms with van der Waals surface area (Å²) >= 11 is 9.39. The molecule has 0 radical (unpaired) electrons. The van der Waals surface area contributed by atoms with Gasteiger partial charge in [-0.2, -0.15) is 0 Å². The lowest BCUT2D eigenvalue weighted by Gasteiger charge is -2.19. The summed E-state index contributed by atoms with van der Waals surface area (Å²) in [5, 5.41) is 14.3. The average Bonchev–Trinajstić information content (AvgIpc) is 2.44. The summed E-state index contributed by atoms with van der Waals surface area (Å²) < 4.78 is 1.02. The second-order valence-electron chi connectivity index (χ2n) is 4.58. The van der Waals surface area contributed by atoms with Gasteiger partial charge in [0.05, 0.1) is 11.0 Å². The maximum atomic E-state index is 10.8. The van der Waals surface area contributed by atoms with Crippen LogP contribution in [0.15, 0.2) is 46.9 Å². The van der Waals surface area contributed by atoms with Gasteiger partial charge in [-0.15, -0.1) is 0 Å². The molecule has 0 aliphatic rings. The predicted molar refractivity (Wildman–Crippen MR) is 88.9 cm³/mol. The maximum Gasteiger partial charge on any atom is 0.288 e. The number of nitro benzene ring substituents is 1. The molecule has 0 heterocycles. The number of hydrogen-bond donors (Lipinski definition) is 1. The lowest BCUT2D eigenvalue weighted by Crippen LogP contribution is -2.09. The zero-order valence-electron chi connectivity index (χ0n) is 11.3. The quantitative estimate of drug-likeness (QED) is 0.553. The molecule has 2 rings (SSSR count). The van der Waals surface area contributed by atoms with Gasteiger partial charge in [0, 0.05) is 16.2 Å². The third-order valence-corrected chi connectivity index (χ3v) is 3.94. The Kier molecular flexibility index (Phi) is 5.20. The van der Waals surface area contributed by atoms with E-state index in [2.05, 4.69) is 28.2 Å². The topological polar surface area (TPSA) is 55.2 Å². The standard InChI is InChI=1S/C15H14BrClN2O2/c1-2-14(10-4-3-5-11(16)8-10)18-12-6-7-15(19(20)21)13(17)9-12/h3-9,14,18H,2H2,1H3. The molecule has 110 valence electrons. The van der Waals surface area contributed by atoms with Crippen molar-refractivity contribution in [3.63, 3.8) is 0 Å². The minimum absolute atomic E-state index is 0.0854. The average molecular weight is 370 g/mol. The molecule has 1 atom stereocenters. The minimum atomic E-state index is -0.488. The van der Waals surface area contributed by atoms with Crippen LogP contribution in [0.25, 0.3) is 0 Å². The van der Waals surface area contributed by atoms with Crippen LogP contribution in [-0.2, 0) is 0 Å². The van der Waals surface area contributed by atoms with Crippen molar-refractivity contribution < 1.29 is 4.92 Å². The van der Waals surface area contributed by atoms with Crippen LogP contribution in [0.2, 0.25) is 5.02 Å². The molecular formula is C15H14BrClN2O2. The van der Waals surface area contributed by atoms with Crippen molar-refractivity contribution in [2.45, 2.75) is 19.4 Å². The summed E-state index contributed by atoms with van der Waals surface area (Å²) in [6, 6.07) is 12.8. The summed E-state index contributed by atoms with van der Waals surface area (Å²) in [5.41, 5.74) is 1.82. The molecule has 0 aliphatic heterocycles. The first-order valence-corrected chi connectivity index (χ1v) is 7.64. The molecule has 0 bridgehead atoms. The summed E-state index contributed by atoms with van der Waals surface area (Å²) in [7, 11) is 0. The van der Waals surface area contributed by atoms with Crippen molar-refractivity contribution in [1.29, 1.82) is 0 Å². The lowest BCUT2D eigenvalue weighted by atomic mass is 10.0. The van der Waals surface area contributed by atoms with E-state index >= 15 is 0 Å². The van der Waals surface area contributed by atoms with Gasteiger partial charge >= 0.3 is 0 Å². The van der Waals surface area contributed by atoms with E-state index in [9.17, 15) is 10.1 Å². The van der Waals surface area contributed by atoms with Crippen molar-refractivity contribution in [3.05, 3.63) is 67.6 Å². The van der Waals surface area contributed by atoms with Crippen LogP contribution in [0.5, 0.6) is 0 Å². The van der Waals surface area contributed by atoms with Gasteiger partial charge in [0.25, 0.3) is 5.69 Å². The highest BCUT2D eigenvalue weighted by Crippen LogP contribution is 2.30. The molecular weight excluding hydrogens is 356 g/mol. The molecule has 1 N–H and O–H groups in total. The normalized spacial score (nSPS) is 12.0. The first kappa shape index (κ1) is 15.8. The highest BCUT2D eigenvalue weighted by Gasteiger charge is 2.14. The maximum absolute atomic E-state index is 10.8. The fourth-order valence-corrected chi connectivity index (χ4v) is 2.76. The van der Waals surface area contributed by atoms with Gasteiger partial charge in [-0.05, 0) is 36.2 Å². The van der Waals surface area contributed by atoms with Gasteiger partial charge in [-0.3, -0.25) is 10.1 Å². The first-order chi connectivity index (χ1) is 10.0. The van der Waals surface area contributed by atoms with E-state index in [0.717, 1.165) is 22.1 Å². The fraction of sp³-hybridized carbons (Fsp3) is 0.200. The molecule has 0 amide bonds. The summed E-state index contributed by atoms with van der Waals surface area (Å²) in [5.74, 6) is 0. The largest absolute Gasteiger partial charge is 0.378 e. The summed E-state index contributed by atoms with van der Waals surface area (Å²) in [4.78, 5) is 10.3. The van der Waals surface area contributed by atoms with Crippen LogP contribution in [0, 0.1) is 10.1 Å². The van der Waals surface area contributed by atoms with E-state index in [1.54, 1.807) is 12.1 Å². The molecule has 21 heavy (non-hydrogen) atoms. The van der Waals surface area contributed by atoms with Gasteiger partial charge in [-0.25, -0.2) is 0 Å². The Morgan fingerprint density at radius 1 is 1.33 bits per heavy atom. The molecule has 1 unspecified atom stereocenters. The Bertz CT molecular complexity index is 664. The van der Waals surface area contributed by atoms with Crippen LogP contribution in [-0.4, -0.2) is 4.92 Å². The molecule has 0 spiro atoms. The van der Waals surface area contributed by atoms with Crippen LogP contribution >= 0.6 is 27.5 Å². The predicted octanol–water partition coefficient (Wildman–Crippen LogP) is 5.57. The van der Waals surface area contributed by atoms with Gasteiger partial charge in [0.1, 0.15) is 5.02 Å². The number of nitrogens with zero attached hydrogens (tertiary/aromatic N) is 1. The number of benzene rings is 2. The Morgan fingerprint density at radius 2 is 2.10 bits per heavy atom. The van der Waals surface area contributed by atoms with Crippen molar-refractivity contribution in [2.24, 2.45) is 0 Å². The molecule has 0 fully saturated rings. The fourth-order valence-electron chi connectivity index (χ4n) is 2.09. The van der Waals surface area contributed by atoms with E-state index in [1.165, 1.54) is 6.07 Å². The number of anilines is 1. The zero-order chi connectivity index (χ0) is 15.4. The highest BCUT2D eigenvalue weighted by atomic mass is 79.9. The summed E-state index contributed by atoms with van der Waals surface area (Å²) in [6.07, 6.45) is 0.880. The van der Waals surface area contributed by atoms with E-state index in [4.69, 9.17) is 11.6 Å². The Hall–Kier alpha value is -1.59. The smallest absolute Gasteiger partial charge is 0.288 e. The lowest BCUT2D eigenvalue weighted by molar-refractivity contribution is -0.384. The van der Waals surface area contributed by atoms with E-state index in [0.29, 0.717) is 0 Å². The van der Waals surface area contributed by atoms with E-state index in [-0.39, 0.29) is 16.8 Å². The molecule has 0 aromatic heterocycles. The molecule has 6 heteroatoms. The van der Waals surface area contributed by atoms with Crippen molar-refractivity contribution >= 4 is 38.9 Å². The molecule has 0 saturated heterocycles. The number of hydrogen-bond acceptors (Lipinski definition) is 3. The Labute approximate surface area is 136 Å². The van der Waals surface area contributed by atoms with E-state index in [1.807, 2.05) is 24.3 Å². The number of rotatable bonds is 5. The van der Waals surface area contributed by atoms with Crippen LogP contribution in [0.3, 0.4) is 0 Å². The number of halogens is 2. The Balaban J connectivity index is 2.23. The zero-order valence-corrected chi connectivity index (χ0v) is 13.7. The van der Waals surface area contributed by atoms with Crippen molar-refractivity contribution in [3.8, 4) is 0 Å². The van der Waals surface area contributed by atoms with Crippen LogP contribution in [0.4, 0.5) is 11.4 Å². The second kappa shape index (κ2) is 6.91. The first-order valence-electron chi connectivity index (χ1n) is 6.47. The SMILES string of the molecule is CCC(Nc1ccc([N+](=O)[O-])c(Cl)c1)c1cccc(Br)c1. The third-order valence-electron chi connectivity index (χ3n) is 3.14. The molecule has 2 aromatic carbocycles. The third kappa shape index (κ3) is 3.95. The number of nitrogens with one attached hydrogen (secondary N) is 1. The van der Waals surface area contributed by atoms with Gasteiger partial charge in [0.15, 0.2) is 0 Å².